The number of rotatable bonds is 4. The fraction of sp³-hybridized carbons (Fsp3) is 0.467. The van der Waals surface area contributed by atoms with Crippen molar-refractivity contribution in [3.63, 3.8) is 0 Å². The van der Waals surface area contributed by atoms with Gasteiger partial charge in [-0.1, -0.05) is 0 Å². The molecule has 1 aliphatic rings. The Morgan fingerprint density at radius 2 is 2.04 bits per heavy atom. The van der Waals surface area contributed by atoms with Crippen molar-refractivity contribution in [2.75, 3.05) is 18.6 Å². The third-order valence-corrected chi connectivity index (χ3v) is 5.84. The van der Waals surface area contributed by atoms with Gasteiger partial charge in [0.25, 0.3) is 0 Å². The first kappa shape index (κ1) is 17.6. The highest BCUT2D eigenvalue weighted by Gasteiger charge is 2.34. The molecule has 1 aromatic heterocycles. The molecule has 1 aliphatic heterocycles. The highest BCUT2D eigenvalue weighted by Crippen LogP contribution is 2.30. The molecule has 0 saturated carbocycles. The summed E-state index contributed by atoms with van der Waals surface area (Å²) < 4.78 is 43.2. The van der Waals surface area contributed by atoms with E-state index < -0.39 is 28.1 Å². The number of hydrogen-bond acceptors (Lipinski definition) is 4. The first-order valence-electron chi connectivity index (χ1n) is 6.93. The lowest BCUT2D eigenvalue weighted by Crippen LogP contribution is -2.19. The van der Waals surface area contributed by atoms with Crippen LogP contribution in [0.3, 0.4) is 0 Å². The molecule has 0 radical (unpaired) electrons. The summed E-state index contributed by atoms with van der Waals surface area (Å²) in [5.41, 5.74) is -1.17. The van der Waals surface area contributed by atoms with Crippen molar-refractivity contribution in [2.45, 2.75) is 25.6 Å². The van der Waals surface area contributed by atoms with Gasteiger partial charge in [0.15, 0.2) is 0 Å². The van der Waals surface area contributed by atoms with Gasteiger partial charge in [0.1, 0.15) is 16.6 Å². The Balaban J connectivity index is 2.47. The molecule has 23 heavy (non-hydrogen) atoms. The van der Waals surface area contributed by atoms with Crippen LogP contribution in [-0.2, 0) is 17.5 Å². The molecule has 0 bridgehead atoms. The lowest BCUT2D eigenvalue weighted by molar-refractivity contribution is -0.141. The van der Waals surface area contributed by atoms with Gasteiger partial charge in [-0.15, -0.1) is 0 Å². The van der Waals surface area contributed by atoms with Crippen molar-refractivity contribution in [2.24, 2.45) is 0 Å². The highest BCUT2D eigenvalue weighted by molar-refractivity contribution is 8.17. The third-order valence-electron chi connectivity index (χ3n) is 3.42. The molecule has 0 aliphatic carbocycles. The quantitative estimate of drug-likeness (QED) is 0.622. The summed E-state index contributed by atoms with van der Waals surface area (Å²) in [6.07, 6.45) is -2.69. The zero-order valence-electron chi connectivity index (χ0n) is 12.4. The number of pyridine rings is 1. The summed E-state index contributed by atoms with van der Waals surface area (Å²) in [6, 6.07) is 3.79. The number of ketones is 1. The maximum atomic E-state index is 12.8. The highest BCUT2D eigenvalue weighted by atomic mass is 32.2. The van der Waals surface area contributed by atoms with E-state index in [1.165, 1.54) is 7.11 Å². The van der Waals surface area contributed by atoms with Crippen LogP contribution in [0.25, 0.3) is 0 Å². The molecule has 0 atom stereocenters. The number of carbonyl (C=O) groups excluding carboxylic acids is 1. The van der Waals surface area contributed by atoms with E-state index >= 15 is 0 Å². The Morgan fingerprint density at radius 1 is 1.39 bits per heavy atom. The van der Waals surface area contributed by atoms with E-state index in [1.54, 1.807) is 0 Å². The largest absolute Gasteiger partial charge is 0.433 e. The minimum Gasteiger partial charge on any atom is -0.378 e. The van der Waals surface area contributed by atoms with Crippen LogP contribution in [0.2, 0.25) is 0 Å². The first-order chi connectivity index (χ1) is 10.9. The van der Waals surface area contributed by atoms with Crippen molar-refractivity contribution in [3.8, 4) is 6.07 Å². The van der Waals surface area contributed by atoms with Gasteiger partial charge in [0, 0.05) is 12.7 Å². The molecule has 0 N–H and O–H groups in total. The normalized spacial score (nSPS) is 15.4. The average Bonchev–Trinajstić information content (AvgIpc) is 3.01. The molecular formula is C15H15F3N2O2S. The molecule has 1 saturated heterocycles. The Hall–Kier alpha value is -1.72. The van der Waals surface area contributed by atoms with Gasteiger partial charge in [-0.05, 0) is 36.5 Å². The number of nitrogens with zero attached hydrogens (tertiary/aromatic N) is 2. The zero-order chi connectivity index (χ0) is 17.0. The minimum atomic E-state index is -4.60. The molecule has 0 amide bonds. The maximum Gasteiger partial charge on any atom is 0.433 e. The minimum absolute atomic E-state index is 0.0100. The van der Waals surface area contributed by atoms with Crippen LogP contribution in [0.15, 0.2) is 12.1 Å². The number of alkyl halides is 3. The predicted octanol–water partition coefficient (Wildman–Crippen LogP) is 3.19. The van der Waals surface area contributed by atoms with E-state index in [2.05, 4.69) is 4.98 Å². The van der Waals surface area contributed by atoms with E-state index in [-0.39, 0.29) is 22.7 Å². The molecule has 2 heterocycles. The smallest absolute Gasteiger partial charge is 0.378 e. The molecule has 0 aromatic carbocycles. The number of hydrogen-bond donors (Lipinski definition) is 0. The van der Waals surface area contributed by atoms with Gasteiger partial charge in [-0.2, -0.15) is 28.9 Å². The number of nitriles is 1. The number of aromatic nitrogens is 1. The van der Waals surface area contributed by atoms with Crippen molar-refractivity contribution in [3.05, 3.63) is 29.1 Å². The molecule has 8 heteroatoms. The molecule has 2 rings (SSSR count). The van der Waals surface area contributed by atoms with Crippen LogP contribution in [-0.4, -0.2) is 34.2 Å². The second-order valence-corrected chi connectivity index (χ2v) is 7.21. The van der Waals surface area contributed by atoms with Crippen molar-refractivity contribution in [1.82, 2.24) is 4.98 Å². The predicted molar refractivity (Wildman–Crippen MR) is 81.5 cm³/mol. The second-order valence-electron chi connectivity index (χ2n) is 5.00. The van der Waals surface area contributed by atoms with Gasteiger partial charge >= 0.3 is 6.18 Å². The molecule has 1 aromatic rings. The van der Waals surface area contributed by atoms with Gasteiger partial charge in [0.05, 0.1) is 12.3 Å². The topological polar surface area (TPSA) is 63.0 Å². The molecule has 1 fully saturated rings. The van der Waals surface area contributed by atoms with E-state index in [9.17, 15) is 23.2 Å². The summed E-state index contributed by atoms with van der Waals surface area (Å²) in [5, 5.41) is 9.29. The number of ether oxygens (including phenoxy) is 1. The molecule has 4 nitrogen and oxygen atoms in total. The zero-order valence-corrected chi connectivity index (χ0v) is 13.3. The third kappa shape index (κ3) is 3.98. The van der Waals surface area contributed by atoms with Crippen molar-refractivity contribution >= 4 is 21.1 Å². The maximum absolute atomic E-state index is 12.8. The summed E-state index contributed by atoms with van der Waals surface area (Å²) in [4.78, 5) is 16.2. The van der Waals surface area contributed by atoms with E-state index in [0.717, 1.165) is 36.5 Å². The average molecular weight is 344 g/mol. The monoisotopic (exact) mass is 344 g/mol. The lowest BCUT2D eigenvalue weighted by atomic mass is 10.1. The van der Waals surface area contributed by atoms with E-state index in [0.29, 0.717) is 0 Å². The first-order valence-corrected chi connectivity index (χ1v) is 8.50. The summed E-state index contributed by atoms with van der Waals surface area (Å²) >= 11 is 0. The number of halogens is 3. The summed E-state index contributed by atoms with van der Waals surface area (Å²) in [7, 11) is 0.894. The van der Waals surface area contributed by atoms with Crippen LogP contribution in [0, 0.1) is 11.3 Å². The van der Waals surface area contributed by atoms with Crippen LogP contribution in [0.1, 0.15) is 34.6 Å². The number of Topliss-reactive ketones (excluding diaryl/α,β-unsaturated/α-hetero) is 1. The Kier molecular flexibility index (Phi) is 5.55. The molecular weight excluding hydrogens is 329 g/mol. The molecule has 0 unspecified atom stereocenters. The fourth-order valence-corrected chi connectivity index (χ4v) is 4.56. The summed E-state index contributed by atoms with van der Waals surface area (Å²) in [5.74, 6) is 1.02. The van der Waals surface area contributed by atoms with Crippen LogP contribution in [0.4, 0.5) is 13.2 Å². The Bertz CT molecular complexity index is 685. The van der Waals surface area contributed by atoms with Gasteiger partial charge < -0.3 is 4.74 Å². The molecule has 124 valence electrons. The van der Waals surface area contributed by atoms with E-state index in [4.69, 9.17) is 4.74 Å². The lowest BCUT2D eigenvalue weighted by Gasteiger charge is -2.12. The van der Waals surface area contributed by atoms with Crippen LogP contribution in [0.5, 0.6) is 0 Å². The number of carbonyl (C=O) groups is 1. The van der Waals surface area contributed by atoms with Crippen LogP contribution >= 0.6 is 10.5 Å². The van der Waals surface area contributed by atoms with Crippen molar-refractivity contribution in [1.29, 1.82) is 5.26 Å². The summed E-state index contributed by atoms with van der Waals surface area (Å²) in [6.45, 7) is -0.225. The Morgan fingerprint density at radius 3 is 2.57 bits per heavy atom. The Labute approximate surface area is 134 Å². The van der Waals surface area contributed by atoms with Gasteiger partial charge in [0.2, 0.25) is 5.78 Å². The standard InChI is InChI=1S/C15H15F3N2O2S/c1-22-9-11-10(4-5-13(20-11)15(16,17)18)14(21)12(8-19)23-6-2-3-7-23/h4-5H,2-3,6-7,9H2,1H3. The van der Waals surface area contributed by atoms with Crippen molar-refractivity contribution < 1.29 is 22.7 Å². The van der Waals surface area contributed by atoms with Gasteiger partial charge in [-0.3, -0.25) is 4.79 Å². The van der Waals surface area contributed by atoms with E-state index in [1.807, 2.05) is 6.07 Å². The molecule has 0 spiro atoms. The van der Waals surface area contributed by atoms with Crippen LogP contribution < -0.4 is 0 Å². The van der Waals surface area contributed by atoms with Gasteiger partial charge in [-0.25, -0.2) is 4.98 Å². The second kappa shape index (κ2) is 7.23. The fourth-order valence-electron chi connectivity index (χ4n) is 2.34. The SMILES string of the molecule is COCc1nc(C(F)(F)F)ccc1C(=O)C(C#N)=S1CCCC1. The number of methoxy groups -OCH3 is 1.